The highest BCUT2D eigenvalue weighted by Crippen LogP contribution is 2.23. The van der Waals surface area contributed by atoms with Gasteiger partial charge in [-0.2, -0.15) is 13.2 Å². The zero-order chi connectivity index (χ0) is 17.1. The van der Waals surface area contributed by atoms with E-state index in [1.54, 1.807) is 27.7 Å². The van der Waals surface area contributed by atoms with Gasteiger partial charge in [0.15, 0.2) is 6.61 Å². The highest BCUT2D eigenvalue weighted by molar-refractivity contribution is 7.84. The van der Waals surface area contributed by atoms with Crippen molar-refractivity contribution in [1.82, 2.24) is 9.71 Å². The SMILES string of the molecule is C[C@@H](NS(=O)C(C)(C)C)c1ncc(OCC(F)(F)F)cc1F. The smallest absolute Gasteiger partial charge is 0.422 e. The summed E-state index contributed by atoms with van der Waals surface area (Å²) in [5.41, 5.74) is -0.0445. The second-order valence-electron chi connectivity index (χ2n) is 5.66. The molecule has 0 fully saturated rings. The molecule has 1 heterocycles. The minimum atomic E-state index is -4.51. The molecule has 22 heavy (non-hydrogen) atoms. The second-order valence-corrected chi connectivity index (χ2v) is 7.66. The van der Waals surface area contributed by atoms with Crippen LogP contribution >= 0.6 is 0 Å². The maximum absolute atomic E-state index is 13.9. The lowest BCUT2D eigenvalue weighted by molar-refractivity contribution is -0.153. The van der Waals surface area contributed by atoms with Crippen molar-refractivity contribution < 1.29 is 26.5 Å². The van der Waals surface area contributed by atoms with Crippen molar-refractivity contribution in [2.24, 2.45) is 0 Å². The first kappa shape index (κ1) is 18.8. The van der Waals surface area contributed by atoms with Crippen LogP contribution in [0.15, 0.2) is 12.3 Å². The quantitative estimate of drug-likeness (QED) is 0.836. The summed E-state index contributed by atoms with van der Waals surface area (Å²) in [4.78, 5) is 3.75. The Morgan fingerprint density at radius 2 is 1.95 bits per heavy atom. The number of ether oxygens (including phenoxy) is 1. The Kier molecular flexibility index (Phi) is 5.91. The Morgan fingerprint density at radius 1 is 1.36 bits per heavy atom. The number of nitrogens with zero attached hydrogens (tertiary/aromatic N) is 1. The monoisotopic (exact) mass is 342 g/mol. The molecule has 0 aliphatic heterocycles. The third-order valence-corrected chi connectivity index (χ3v) is 4.18. The molecule has 1 unspecified atom stereocenters. The van der Waals surface area contributed by atoms with Crippen LogP contribution in [0, 0.1) is 5.82 Å². The zero-order valence-corrected chi connectivity index (χ0v) is 13.4. The fourth-order valence-corrected chi connectivity index (χ4v) is 2.17. The number of nitrogens with one attached hydrogen (secondary N) is 1. The topological polar surface area (TPSA) is 51.2 Å². The number of alkyl halides is 3. The summed E-state index contributed by atoms with van der Waals surface area (Å²) in [5.74, 6) is -1.15. The Labute approximate surface area is 128 Å². The molecule has 0 aliphatic carbocycles. The van der Waals surface area contributed by atoms with Crippen molar-refractivity contribution in [2.45, 2.75) is 44.7 Å². The number of pyridine rings is 1. The van der Waals surface area contributed by atoms with E-state index < -0.39 is 40.4 Å². The molecule has 126 valence electrons. The molecule has 0 bridgehead atoms. The molecule has 0 aromatic carbocycles. The van der Waals surface area contributed by atoms with Crippen LogP contribution in [-0.4, -0.2) is 26.7 Å². The van der Waals surface area contributed by atoms with E-state index in [4.69, 9.17) is 0 Å². The van der Waals surface area contributed by atoms with E-state index in [1.807, 2.05) is 0 Å². The molecule has 4 nitrogen and oxygen atoms in total. The molecule has 0 spiro atoms. The van der Waals surface area contributed by atoms with E-state index in [0.29, 0.717) is 0 Å². The van der Waals surface area contributed by atoms with Crippen molar-refractivity contribution in [3.8, 4) is 5.75 Å². The summed E-state index contributed by atoms with van der Waals surface area (Å²) >= 11 is 0. The van der Waals surface area contributed by atoms with Crippen LogP contribution in [0.5, 0.6) is 5.75 Å². The van der Waals surface area contributed by atoms with Gasteiger partial charge < -0.3 is 4.74 Å². The predicted molar refractivity (Wildman–Crippen MR) is 75.2 cm³/mol. The summed E-state index contributed by atoms with van der Waals surface area (Å²) in [7, 11) is -1.43. The average molecular weight is 342 g/mol. The van der Waals surface area contributed by atoms with Crippen molar-refractivity contribution in [3.05, 3.63) is 23.8 Å². The fraction of sp³-hybridized carbons (Fsp3) is 0.615. The second kappa shape index (κ2) is 6.91. The minimum absolute atomic E-state index is 0.0445. The summed E-state index contributed by atoms with van der Waals surface area (Å²) in [6, 6.07) is 0.156. The van der Waals surface area contributed by atoms with Gasteiger partial charge in [-0.1, -0.05) is 0 Å². The largest absolute Gasteiger partial charge is 0.482 e. The molecule has 2 atom stereocenters. The van der Waals surface area contributed by atoms with Crippen molar-refractivity contribution >= 4 is 11.0 Å². The molecule has 0 radical (unpaired) electrons. The standard InChI is InChI=1S/C13H18F4N2O2S/c1-8(19-22(20)12(2,3)4)11-10(14)5-9(6-18-11)21-7-13(15,16)17/h5-6,8,19H,7H2,1-4H3/t8-,22?/m1/s1. The van der Waals surface area contributed by atoms with Gasteiger partial charge >= 0.3 is 6.18 Å². The lowest BCUT2D eigenvalue weighted by Gasteiger charge is -2.22. The van der Waals surface area contributed by atoms with Crippen LogP contribution in [0.4, 0.5) is 17.6 Å². The van der Waals surface area contributed by atoms with Crippen molar-refractivity contribution in [1.29, 1.82) is 0 Å². The van der Waals surface area contributed by atoms with E-state index in [-0.39, 0.29) is 11.4 Å². The Balaban J connectivity index is 2.79. The Morgan fingerprint density at radius 3 is 2.41 bits per heavy atom. The molecule has 9 heteroatoms. The van der Waals surface area contributed by atoms with Crippen LogP contribution in [0.25, 0.3) is 0 Å². The zero-order valence-electron chi connectivity index (χ0n) is 12.6. The van der Waals surface area contributed by atoms with Gasteiger partial charge in [0.05, 0.1) is 33.7 Å². The summed E-state index contributed by atoms with van der Waals surface area (Å²) in [5, 5.41) is 0. The van der Waals surface area contributed by atoms with E-state index in [9.17, 15) is 21.8 Å². The van der Waals surface area contributed by atoms with E-state index in [2.05, 4.69) is 14.4 Å². The number of rotatable bonds is 5. The number of hydrogen-bond donors (Lipinski definition) is 1. The first-order valence-electron chi connectivity index (χ1n) is 6.43. The number of aromatic nitrogens is 1. The van der Waals surface area contributed by atoms with Crippen LogP contribution in [0.1, 0.15) is 39.4 Å². The van der Waals surface area contributed by atoms with Gasteiger partial charge in [0.1, 0.15) is 11.6 Å². The maximum atomic E-state index is 13.9. The normalized spacial score (nSPS) is 15.5. The van der Waals surface area contributed by atoms with Gasteiger partial charge in [-0.3, -0.25) is 4.98 Å². The molecule has 1 aromatic heterocycles. The molecule has 0 saturated heterocycles. The van der Waals surface area contributed by atoms with Gasteiger partial charge in [-0.25, -0.2) is 13.3 Å². The molecule has 0 amide bonds. The molecule has 0 saturated carbocycles. The summed E-state index contributed by atoms with van der Waals surface area (Å²) in [6.07, 6.45) is -3.50. The van der Waals surface area contributed by atoms with Crippen LogP contribution < -0.4 is 9.46 Å². The molecular formula is C13H18F4N2O2S. The molecule has 1 aromatic rings. The van der Waals surface area contributed by atoms with Crippen LogP contribution in [-0.2, 0) is 11.0 Å². The summed E-state index contributed by atoms with van der Waals surface area (Å²) < 4.78 is 68.5. The van der Waals surface area contributed by atoms with Crippen LogP contribution in [0.3, 0.4) is 0 Å². The van der Waals surface area contributed by atoms with Gasteiger partial charge in [-0.05, 0) is 27.7 Å². The van der Waals surface area contributed by atoms with Crippen LogP contribution in [0.2, 0.25) is 0 Å². The lowest BCUT2D eigenvalue weighted by atomic mass is 10.2. The highest BCUT2D eigenvalue weighted by atomic mass is 32.2. The number of halogens is 4. The first-order valence-corrected chi connectivity index (χ1v) is 7.58. The first-order chi connectivity index (χ1) is 9.90. The lowest BCUT2D eigenvalue weighted by Crippen LogP contribution is -2.35. The Bertz CT molecular complexity index is 544. The van der Waals surface area contributed by atoms with Crippen molar-refractivity contribution in [2.75, 3.05) is 6.61 Å². The maximum Gasteiger partial charge on any atom is 0.422 e. The van der Waals surface area contributed by atoms with Crippen molar-refractivity contribution in [3.63, 3.8) is 0 Å². The fourth-order valence-electron chi connectivity index (χ4n) is 1.39. The molecular weight excluding hydrogens is 324 g/mol. The minimum Gasteiger partial charge on any atom is -0.482 e. The van der Waals surface area contributed by atoms with Gasteiger partial charge in [0, 0.05) is 6.07 Å². The van der Waals surface area contributed by atoms with Gasteiger partial charge in [0.25, 0.3) is 0 Å². The highest BCUT2D eigenvalue weighted by Gasteiger charge is 2.29. The third-order valence-electron chi connectivity index (χ3n) is 2.50. The van der Waals surface area contributed by atoms with Gasteiger partial charge in [-0.15, -0.1) is 0 Å². The van der Waals surface area contributed by atoms with E-state index in [0.717, 1.165) is 12.3 Å². The van der Waals surface area contributed by atoms with E-state index >= 15 is 0 Å². The average Bonchev–Trinajstić information content (AvgIpc) is 2.34. The molecule has 1 N–H and O–H groups in total. The van der Waals surface area contributed by atoms with E-state index in [1.165, 1.54) is 0 Å². The Hall–Kier alpha value is -1.22. The summed E-state index contributed by atoms with van der Waals surface area (Å²) in [6.45, 7) is 5.29. The molecule has 1 rings (SSSR count). The number of hydrogen-bond acceptors (Lipinski definition) is 3. The molecule has 0 aliphatic rings. The third kappa shape index (κ3) is 5.88. The predicted octanol–water partition coefficient (Wildman–Crippen LogP) is 3.27. The van der Waals surface area contributed by atoms with Gasteiger partial charge in [0.2, 0.25) is 0 Å².